The number of hydrogen-bond acceptors (Lipinski definition) is 11. The van der Waals surface area contributed by atoms with Crippen molar-refractivity contribution in [1.29, 1.82) is 0 Å². The molecule has 25 heavy (non-hydrogen) atoms. The fraction of sp³-hybridized carbons (Fsp3) is 0.750. The first kappa shape index (κ1) is 22.3. The minimum absolute atomic E-state index is 0.139. The first-order chi connectivity index (χ1) is 11.6. The molecule has 1 aliphatic rings. The molecular formula is C12H21NO10S2. The van der Waals surface area contributed by atoms with E-state index in [0.29, 0.717) is 11.8 Å². The highest BCUT2D eigenvalue weighted by Gasteiger charge is 2.44. The van der Waals surface area contributed by atoms with Gasteiger partial charge in [-0.2, -0.15) is 8.42 Å². The number of hydrogen-bond donors (Lipinski definition) is 6. The Morgan fingerprint density at radius 1 is 1.32 bits per heavy atom. The number of aliphatic hydroxyl groups is 5. The summed E-state index contributed by atoms with van der Waals surface area (Å²) in [6.07, 6.45) is -5.67. The molecule has 0 aromatic carbocycles. The van der Waals surface area contributed by atoms with Gasteiger partial charge in [-0.1, -0.05) is 23.0 Å². The van der Waals surface area contributed by atoms with Gasteiger partial charge in [0, 0.05) is 6.42 Å². The van der Waals surface area contributed by atoms with Crippen molar-refractivity contribution in [2.45, 2.75) is 48.8 Å². The zero-order valence-electron chi connectivity index (χ0n) is 12.9. The molecule has 0 bridgehead atoms. The van der Waals surface area contributed by atoms with Crippen LogP contribution in [0.15, 0.2) is 17.8 Å². The van der Waals surface area contributed by atoms with Crippen LogP contribution < -0.4 is 0 Å². The molecule has 6 atom stereocenters. The van der Waals surface area contributed by atoms with Crippen LogP contribution in [-0.4, -0.2) is 86.1 Å². The highest BCUT2D eigenvalue weighted by atomic mass is 32.3. The van der Waals surface area contributed by atoms with Crippen molar-refractivity contribution in [3.63, 3.8) is 0 Å². The summed E-state index contributed by atoms with van der Waals surface area (Å²) < 4.78 is 39.0. The standard InChI is InChI=1S/C12H21NO10S2/c1-2-3-6(15)4-8(13-23-25(19,20)21)24-12-11(18)10(17)9(16)7(5-14)22-12/h2,6-7,9-12,14-18H,1,3-5H2,(H,19,20,21)/b13-8-/t6-,7-,9-,10+,11-,12+/m1/s1. The van der Waals surface area contributed by atoms with Gasteiger partial charge in [0.1, 0.15) is 34.9 Å². The van der Waals surface area contributed by atoms with Gasteiger partial charge in [-0.3, -0.25) is 4.55 Å². The third kappa shape index (κ3) is 7.16. The van der Waals surface area contributed by atoms with E-state index in [-0.39, 0.29) is 17.9 Å². The van der Waals surface area contributed by atoms with Gasteiger partial charge in [-0.15, -0.1) is 6.58 Å². The lowest BCUT2D eigenvalue weighted by molar-refractivity contribution is -0.205. The van der Waals surface area contributed by atoms with Crippen LogP contribution in [0, 0.1) is 0 Å². The van der Waals surface area contributed by atoms with Crippen molar-refractivity contribution in [2.75, 3.05) is 6.61 Å². The molecule has 1 rings (SSSR count). The second kappa shape index (κ2) is 9.80. The van der Waals surface area contributed by atoms with Crippen LogP contribution in [0.25, 0.3) is 0 Å². The Bertz CT molecular complexity index is 566. The monoisotopic (exact) mass is 403 g/mol. The molecule has 0 radical (unpaired) electrons. The first-order valence-corrected chi connectivity index (χ1v) is 9.32. The van der Waals surface area contributed by atoms with E-state index in [0.717, 1.165) is 0 Å². The fourth-order valence-corrected chi connectivity index (χ4v) is 3.34. The van der Waals surface area contributed by atoms with Crippen molar-refractivity contribution >= 4 is 27.2 Å². The van der Waals surface area contributed by atoms with Gasteiger partial charge in [0.2, 0.25) is 0 Å². The van der Waals surface area contributed by atoms with Crippen molar-refractivity contribution in [2.24, 2.45) is 5.16 Å². The number of thioether (sulfide) groups is 1. The quantitative estimate of drug-likeness (QED) is 0.0863. The van der Waals surface area contributed by atoms with Gasteiger partial charge in [-0.05, 0) is 6.42 Å². The van der Waals surface area contributed by atoms with Crippen LogP contribution in [-0.2, 0) is 19.4 Å². The minimum Gasteiger partial charge on any atom is -0.394 e. The molecule has 0 aliphatic carbocycles. The Morgan fingerprint density at radius 3 is 2.48 bits per heavy atom. The molecule has 146 valence electrons. The second-order valence-electron chi connectivity index (χ2n) is 5.18. The average Bonchev–Trinajstić information content (AvgIpc) is 2.52. The van der Waals surface area contributed by atoms with Crippen molar-refractivity contribution in [3.8, 4) is 0 Å². The van der Waals surface area contributed by atoms with E-state index in [1.165, 1.54) is 6.08 Å². The summed E-state index contributed by atoms with van der Waals surface area (Å²) in [6.45, 7) is 2.79. The summed E-state index contributed by atoms with van der Waals surface area (Å²) in [5.41, 5.74) is -1.25. The van der Waals surface area contributed by atoms with Gasteiger partial charge in [-0.25, -0.2) is 4.28 Å². The van der Waals surface area contributed by atoms with Gasteiger partial charge >= 0.3 is 10.4 Å². The van der Waals surface area contributed by atoms with Crippen molar-refractivity contribution < 1.29 is 47.5 Å². The van der Waals surface area contributed by atoms with Gasteiger partial charge in [0.15, 0.2) is 0 Å². The smallest absolute Gasteiger partial charge is 0.394 e. The van der Waals surface area contributed by atoms with Crippen LogP contribution in [0.3, 0.4) is 0 Å². The summed E-state index contributed by atoms with van der Waals surface area (Å²) in [5, 5.41) is 51.3. The summed E-state index contributed by atoms with van der Waals surface area (Å²) >= 11 is 0.594. The SMILES string of the molecule is C=CC[C@@H](O)C/C(=N/OS(=O)(=O)O)S[C@@H]1O[C@H](CO)[C@@H](O)[C@H](O)[C@H]1O. The lowest BCUT2D eigenvalue weighted by Crippen LogP contribution is -2.57. The average molecular weight is 403 g/mol. The van der Waals surface area contributed by atoms with Crippen LogP contribution in [0.4, 0.5) is 0 Å². The molecule has 0 spiro atoms. The van der Waals surface area contributed by atoms with Gasteiger partial charge < -0.3 is 30.3 Å². The minimum atomic E-state index is -4.89. The third-order valence-electron chi connectivity index (χ3n) is 3.18. The van der Waals surface area contributed by atoms with E-state index in [2.05, 4.69) is 16.0 Å². The predicted octanol–water partition coefficient (Wildman–Crippen LogP) is -2.02. The predicted molar refractivity (Wildman–Crippen MR) is 86.9 cm³/mol. The van der Waals surface area contributed by atoms with E-state index in [1.807, 2.05) is 0 Å². The maximum Gasteiger partial charge on any atom is 0.466 e. The van der Waals surface area contributed by atoms with Crippen molar-refractivity contribution in [3.05, 3.63) is 12.7 Å². The normalized spacial score (nSPS) is 32.2. The molecule has 1 fully saturated rings. The largest absolute Gasteiger partial charge is 0.466 e. The zero-order chi connectivity index (χ0) is 19.2. The van der Waals surface area contributed by atoms with Crippen LogP contribution in [0.5, 0.6) is 0 Å². The maximum absolute atomic E-state index is 10.6. The maximum atomic E-state index is 10.6. The Balaban J connectivity index is 2.92. The molecule has 13 heteroatoms. The molecule has 0 aromatic rings. The Morgan fingerprint density at radius 2 is 1.96 bits per heavy atom. The summed E-state index contributed by atoms with van der Waals surface area (Å²) in [6, 6.07) is 0. The first-order valence-electron chi connectivity index (χ1n) is 7.08. The molecule has 0 unspecified atom stereocenters. The highest BCUT2D eigenvalue weighted by molar-refractivity contribution is 8.14. The summed E-state index contributed by atoms with van der Waals surface area (Å²) in [7, 11) is -4.89. The van der Waals surface area contributed by atoms with Gasteiger partial charge in [0.25, 0.3) is 0 Å². The van der Waals surface area contributed by atoms with Crippen LogP contribution >= 0.6 is 11.8 Å². The molecular weight excluding hydrogens is 382 g/mol. The summed E-state index contributed by atoms with van der Waals surface area (Å²) in [5.74, 6) is 0. The number of rotatable bonds is 8. The highest BCUT2D eigenvalue weighted by Crippen LogP contribution is 2.30. The second-order valence-corrected chi connectivity index (χ2v) is 7.36. The molecule has 1 heterocycles. The number of nitrogens with zero attached hydrogens (tertiary/aromatic N) is 1. The lowest BCUT2D eigenvalue weighted by Gasteiger charge is -2.39. The van der Waals surface area contributed by atoms with Crippen LogP contribution in [0.2, 0.25) is 0 Å². The van der Waals surface area contributed by atoms with Crippen molar-refractivity contribution in [1.82, 2.24) is 0 Å². The lowest BCUT2D eigenvalue weighted by atomic mass is 10.0. The summed E-state index contributed by atoms with van der Waals surface area (Å²) in [4.78, 5) is 0. The van der Waals surface area contributed by atoms with Crippen LogP contribution in [0.1, 0.15) is 12.8 Å². The molecule has 11 nitrogen and oxygen atoms in total. The topological polar surface area (TPSA) is 186 Å². The molecule has 0 aromatic heterocycles. The Labute approximate surface area is 148 Å². The van der Waals surface area contributed by atoms with E-state index < -0.39 is 53.0 Å². The third-order valence-corrected chi connectivity index (χ3v) is 4.58. The van der Waals surface area contributed by atoms with E-state index in [4.69, 9.17) is 14.4 Å². The zero-order valence-corrected chi connectivity index (χ0v) is 14.6. The number of aliphatic hydroxyl groups excluding tert-OH is 5. The molecule has 1 saturated heterocycles. The van der Waals surface area contributed by atoms with E-state index in [1.54, 1.807) is 0 Å². The molecule has 1 aliphatic heterocycles. The van der Waals surface area contributed by atoms with E-state index >= 15 is 0 Å². The molecule has 6 N–H and O–H groups in total. The molecule has 0 amide bonds. The fourth-order valence-electron chi connectivity index (χ4n) is 1.97. The molecule has 0 saturated carbocycles. The number of oxime groups is 1. The number of ether oxygens (including phenoxy) is 1. The van der Waals surface area contributed by atoms with Gasteiger partial charge in [0.05, 0.1) is 12.7 Å². The van der Waals surface area contributed by atoms with E-state index in [9.17, 15) is 28.8 Å². The Kier molecular flexibility index (Phi) is 8.73. The Hall–Kier alpha value is -0.770.